The molecule has 1 atom stereocenters. The van der Waals surface area contributed by atoms with Crippen molar-refractivity contribution in [2.45, 2.75) is 28.8 Å². The first-order valence-electron chi connectivity index (χ1n) is 8.65. The van der Waals surface area contributed by atoms with Crippen LogP contribution in [0, 0.1) is 0 Å². The zero-order valence-corrected chi connectivity index (χ0v) is 17.0. The highest BCUT2D eigenvalue weighted by atomic mass is 35.6. The van der Waals surface area contributed by atoms with Crippen molar-refractivity contribution in [3.05, 3.63) is 59.7 Å². The SMILES string of the molecule is NC(CCC(=O)OC(Cl)(Cl)Cl)C(=O)OCC1c2ccccc2-c2ccccc21. The monoisotopic (exact) mass is 441 g/mol. The van der Waals surface area contributed by atoms with Gasteiger partial charge in [-0.1, -0.05) is 48.5 Å². The summed E-state index contributed by atoms with van der Waals surface area (Å²) in [7, 11) is 0. The van der Waals surface area contributed by atoms with E-state index < -0.39 is 22.0 Å². The third-order valence-corrected chi connectivity index (χ3v) is 4.78. The maximum atomic E-state index is 12.2. The van der Waals surface area contributed by atoms with Crippen LogP contribution >= 0.6 is 34.8 Å². The third-order valence-electron chi connectivity index (χ3n) is 4.55. The molecule has 0 aromatic heterocycles. The normalized spacial score (nSPS) is 14.1. The Morgan fingerprint density at radius 2 is 1.54 bits per heavy atom. The number of ether oxygens (including phenoxy) is 2. The van der Waals surface area contributed by atoms with E-state index >= 15 is 0 Å². The summed E-state index contributed by atoms with van der Waals surface area (Å²) in [4.78, 5) is 23.8. The Morgan fingerprint density at radius 3 is 2.07 bits per heavy atom. The van der Waals surface area contributed by atoms with Crippen LogP contribution < -0.4 is 5.73 Å². The van der Waals surface area contributed by atoms with Gasteiger partial charge in [-0.05, 0) is 63.5 Å². The van der Waals surface area contributed by atoms with E-state index in [9.17, 15) is 9.59 Å². The van der Waals surface area contributed by atoms with Crippen molar-refractivity contribution in [1.82, 2.24) is 0 Å². The van der Waals surface area contributed by atoms with Gasteiger partial charge in [0.05, 0.1) is 0 Å². The minimum atomic E-state index is -2.13. The van der Waals surface area contributed by atoms with Crippen LogP contribution in [-0.2, 0) is 19.1 Å². The van der Waals surface area contributed by atoms with Gasteiger partial charge in [-0.3, -0.25) is 9.59 Å². The fourth-order valence-corrected chi connectivity index (χ4v) is 3.54. The molecule has 0 bridgehead atoms. The quantitative estimate of drug-likeness (QED) is 0.532. The van der Waals surface area contributed by atoms with Crippen molar-refractivity contribution < 1.29 is 19.1 Å². The molecule has 5 nitrogen and oxygen atoms in total. The van der Waals surface area contributed by atoms with Gasteiger partial charge in [0.25, 0.3) is 0 Å². The summed E-state index contributed by atoms with van der Waals surface area (Å²) in [5.74, 6) is -1.41. The number of halogens is 3. The smallest absolute Gasteiger partial charge is 0.340 e. The number of carbonyl (C=O) groups is 2. The molecule has 2 N–H and O–H groups in total. The number of fused-ring (bicyclic) bond motifs is 3. The Balaban J connectivity index is 1.58. The van der Waals surface area contributed by atoms with Gasteiger partial charge in [0.15, 0.2) is 0 Å². The summed E-state index contributed by atoms with van der Waals surface area (Å²) in [6.07, 6.45) is -0.143. The van der Waals surface area contributed by atoms with Crippen molar-refractivity contribution in [1.29, 1.82) is 0 Å². The first-order valence-corrected chi connectivity index (χ1v) is 9.78. The largest absolute Gasteiger partial charge is 0.464 e. The van der Waals surface area contributed by atoms with Crippen LogP contribution in [0.5, 0.6) is 0 Å². The maximum Gasteiger partial charge on any atom is 0.340 e. The Kier molecular flexibility index (Phi) is 6.50. The molecule has 8 heteroatoms. The summed E-state index contributed by atoms with van der Waals surface area (Å²) in [5.41, 5.74) is 10.3. The molecule has 0 saturated heterocycles. The molecule has 0 heterocycles. The van der Waals surface area contributed by atoms with Crippen molar-refractivity contribution in [3.8, 4) is 11.1 Å². The van der Waals surface area contributed by atoms with Crippen LogP contribution in [0.1, 0.15) is 29.9 Å². The van der Waals surface area contributed by atoms with Crippen LogP contribution in [0.2, 0.25) is 0 Å². The molecule has 148 valence electrons. The molecule has 0 aliphatic heterocycles. The minimum Gasteiger partial charge on any atom is -0.464 e. The molecule has 28 heavy (non-hydrogen) atoms. The average Bonchev–Trinajstić information content (AvgIpc) is 2.97. The average molecular weight is 443 g/mol. The molecule has 0 saturated carbocycles. The first-order chi connectivity index (χ1) is 13.3. The molecule has 0 spiro atoms. The Bertz CT molecular complexity index is 836. The fraction of sp³-hybridized carbons (Fsp3) is 0.300. The first kappa shape index (κ1) is 20.9. The second-order valence-electron chi connectivity index (χ2n) is 6.42. The van der Waals surface area contributed by atoms with Gasteiger partial charge in [0.2, 0.25) is 0 Å². The van der Waals surface area contributed by atoms with Gasteiger partial charge >= 0.3 is 15.9 Å². The molecular formula is C20H18Cl3NO4. The molecular weight excluding hydrogens is 425 g/mol. The lowest BCUT2D eigenvalue weighted by atomic mass is 9.98. The standard InChI is InChI=1S/C20H18Cl3NO4/c21-20(22,23)28-18(25)10-9-17(24)19(26)27-11-16-14-7-3-1-5-12(14)13-6-2-4-8-15(13)16/h1-8,16-17H,9-11,24H2. The van der Waals surface area contributed by atoms with Crippen LogP contribution in [0.3, 0.4) is 0 Å². The lowest BCUT2D eigenvalue weighted by Gasteiger charge is -2.17. The zero-order valence-electron chi connectivity index (χ0n) is 14.7. The Hall–Kier alpha value is -1.79. The zero-order chi connectivity index (χ0) is 20.3. The van der Waals surface area contributed by atoms with E-state index in [2.05, 4.69) is 16.9 Å². The molecule has 2 aromatic rings. The third kappa shape index (κ3) is 4.97. The number of hydrogen-bond acceptors (Lipinski definition) is 5. The number of benzene rings is 2. The van der Waals surface area contributed by atoms with Crippen molar-refractivity contribution in [2.75, 3.05) is 6.61 Å². The van der Waals surface area contributed by atoms with E-state index in [4.69, 9.17) is 45.3 Å². The highest BCUT2D eigenvalue weighted by Crippen LogP contribution is 2.44. The fourth-order valence-electron chi connectivity index (χ4n) is 3.28. The minimum absolute atomic E-state index is 0.0241. The van der Waals surface area contributed by atoms with Gasteiger partial charge in [-0.25, -0.2) is 0 Å². The lowest BCUT2D eigenvalue weighted by molar-refractivity contribution is -0.147. The second kappa shape index (κ2) is 8.70. The van der Waals surface area contributed by atoms with E-state index in [1.54, 1.807) is 0 Å². The lowest BCUT2D eigenvalue weighted by Crippen LogP contribution is -2.34. The van der Waals surface area contributed by atoms with Gasteiger partial charge in [0.1, 0.15) is 12.6 Å². The molecule has 0 fully saturated rings. The molecule has 2 aromatic carbocycles. The number of rotatable bonds is 6. The van der Waals surface area contributed by atoms with Crippen molar-refractivity contribution in [3.63, 3.8) is 0 Å². The van der Waals surface area contributed by atoms with Crippen molar-refractivity contribution >= 4 is 46.7 Å². The van der Waals surface area contributed by atoms with Crippen LogP contribution in [-0.4, -0.2) is 28.6 Å². The topological polar surface area (TPSA) is 78.6 Å². The van der Waals surface area contributed by atoms with E-state index in [1.165, 1.54) is 0 Å². The molecule has 0 amide bonds. The Morgan fingerprint density at radius 1 is 1.00 bits per heavy atom. The van der Waals surface area contributed by atoms with Crippen LogP contribution in [0.15, 0.2) is 48.5 Å². The Labute approximate surface area is 177 Å². The van der Waals surface area contributed by atoms with Gasteiger partial charge < -0.3 is 15.2 Å². The maximum absolute atomic E-state index is 12.2. The summed E-state index contributed by atoms with van der Waals surface area (Å²) < 4.78 is 7.84. The number of esters is 2. The molecule has 1 aliphatic rings. The van der Waals surface area contributed by atoms with Crippen molar-refractivity contribution in [2.24, 2.45) is 5.73 Å². The van der Waals surface area contributed by atoms with E-state index in [0.29, 0.717) is 0 Å². The van der Waals surface area contributed by atoms with Gasteiger partial charge in [0, 0.05) is 12.3 Å². The molecule has 1 aliphatic carbocycles. The molecule has 3 rings (SSSR count). The van der Waals surface area contributed by atoms with Crippen LogP contribution in [0.4, 0.5) is 0 Å². The molecule has 0 radical (unpaired) electrons. The summed E-state index contributed by atoms with van der Waals surface area (Å²) in [6.45, 7) is 0.166. The number of nitrogens with two attached hydrogens (primary N) is 1. The highest BCUT2D eigenvalue weighted by molar-refractivity contribution is 6.66. The predicted molar refractivity (Wildman–Crippen MR) is 108 cm³/mol. The summed E-state index contributed by atoms with van der Waals surface area (Å²) in [5, 5.41) is 0. The molecule has 1 unspecified atom stereocenters. The summed E-state index contributed by atoms with van der Waals surface area (Å²) >= 11 is 16.1. The predicted octanol–water partition coefficient (Wildman–Crippen LogP) is 4.32. The van der Waals surface area contributed by atoms with Crippen LogP contribution in [0.25, 0.3) is 11.1 Å². The van der Waals surface area contributed by atoms with Gasteiger partial charge in [-0.15, -0.1) is 0 Å². The number of alkyl halides is 3. The number of carbonyl (C=O) groups excluding carboxylic acids is 2. The van der Waals surface area contributed by atoms with E-state index in [1.807, 2.05) is 36.4 Å². The second-order valence-corrected chi connectivity index (χ2v) is 8.60. The van der Waals surface area contributed by atoms with E-state index in [-0.39, 0.29) is 25.4 Å². The highest BCUT2D eigenvalue weighted by Gasteiger charge is 2.30. The van der Waals surface area contributed by atoms with Gasteiger partial charge in [-0.2, -0.15) is 0 Å². The van der Waals surface area contributed by atoms with E-state index in [0.717, 1.165) is 22.3 Å². The number of hydrogen-bond donors (Lipinski definition) is 1. The summed E-state index contributed by atoms with van der Waals surface area (Å²) in [6, 6.07) is 15.1.